The number of imide groups is 1. The smallest absolute Gasteiger partial charge is 0.330 e. The summed E-state index contributed by atoms with van der Waals surface area (Å²) in [5.74, 6) is -2.39. The molecule has 2 rings (SSSR count). The fourth-order valence-electron chi connectivity index (χ4n) is 2.25. The highest BCUT2D eigenvalue weighted by Gasteiger charge is 2.46. The van der Waals surface area contributed by atoms with Crippen LogP contribution in [0, 0.1) is 0 Å². The van der Waals surface area contributed by atoms with Gasteiger partial charge in [0, 0.05) is 0 Å². The highest BCUT2D eigenvalue weighted by atomic mass is 16.4. The number of aliphatic carboxylic acids is 1. The third-order valence-corrected chi connectivity index (χ3v) is 3.68. The third kappa shape index (κ3) is 3.31. The molecule has 1 aliphatic heterocycles. The maximum Gasteiger partial charge on any atom is 0.330 e. The molecule has 1 saturated heterocycles. The van der Waals surface area contributed by atoms with Gasteiger partial charge in [-0.1, -0.05) is 30.3 Å². The summed E-state index contributed by atoms with van der Waals surface area (Å²) in [6.45, 7) is 2.60. The normalized spacial score (nSPS) is 17.6. The Morgan fingerprint density at radius 3 is 2.35 bits per heavy atom. The van der Waals surface area contributed by atoms with E-state index >= 15 is 0 Å². The first-order valence-corrected chi connectivity index (χ1v) is 6.93. The lowest BCUT2D eigenvalue weighted by Crippen LogP contribution is -2.49. The summed E-state index contributed by atoms with van der Waals surface area (Å²) in [5.41, 5.74) is -0.755. The summed E-state index contributed by atoms with van der Waals surface area (Å²) in [6, 6.07) is 6.30. The first-order chi connectivity index (χ1) is 10.7. The first-order valence-electron chi connectivity index (χ1n) is 6.93. The lowest BCUT2D eigenvalue weighted by Gasteiger charge is -2.27. The van der Waals surface area contributed by atoms with Gasteiger partial charge in [0.15, 0.2) is 6.04 Å². The van der Waals surface area contributed by atoms with Crippen molar-refractivity contribution in [3.8, 4) is 0 Å². The molecule has 1 fully saturated rings. The Labute approximate surface area is 132 Å². The molecule has 1 aromatic rings. The minimum absolute atomic E-state index is 0.412. The maximum atomic E-state index is 12.1. The van der Waals surface area contributed by atoms with E-state index in [1.54, 1.807) is 30.3 Å². The van der Waals surface area contributed by atoms with Crippen molar-refractivity contribution in [3.63, 3.8) is 0 Å². The van der Waals surface area contributed by atoms with Crippen molar-refractivity contribution in [2.24, 2.45) is 0 Å². The summed E-state index contributed by atoms with van der Waals surface area (Å²) in [4.78, 5) is 47.9. The molecule has 0 saturated carbocycles. The molecule has 8 nitrogen and oxygen atoms in total. The van der Waals surface area contributed by atoms with E-state index in [9.17, 15) is 24.3 Å². The Morgan fingerprint density at radius 2 is 1.87 bits per heavy atom. The van der Waals surface area contributed by atoms with Crippen LogP contribution in [0.5, 0.6) is 0 Å². The van der Waals surface area contributed by atoms with Crippen LogP contribution in [0.2, 0.25) is 0 Å². The molecule has 0 aliphatic carbocycles. The number of carbonyl (C=O) groups is 4. The fraction of sp³-hybridized carbons (Fsp3) is 0.333. The van der Waals surface area contributed by atoms with Gasteiger partial charge in [0.1, 0.15) is 12.1 Å². The predicted molar refractivity (Wildman–Crippen MR) is 79.3 cm³/mol. The molecule has 0 bridgehead atoms. The lowest BCUT2D eigenvalue weighted by atomic mass is 10.0. The van der Waals surface area contributed by atoms with E-state index in [0.717, 1.165) is 4.90 Å². The summed E-state index contributed by atoms with van der Waals surface area (Å²) < 4.78 is 0. The molecule has 1 aromatic carbocycles. The number of rotatable bonds is 5. The Bertz CT molecular complexity index is 656. The van der Waals surface area contributed by atoms with Crippen LogP contribution in [0.15, 0.2) is 30.3 Å². The van der Waals surface area contributed by atoms with Crippen LogP contribution in [0.1, 0.15) is 25.5 Å². The van der Waals surface area contributed by atoms with Gasteiger partial charge in [0.25, 0.3) is 5.91 Å². The summed E-state index contributed by atoms with van der Waals surface area (Å²) >= 11 is 0. The average molecular weight is 319 g/mol. The summed E-state index contributed by atoms with van der Waals surface area (Å²) in [5, 5.41) is 13.8. The lowest BCUT2D eigenvalue weighted by molar-refractivity contribution is -0.142. The Morgan fingerprint density at radius 1 is 1.26 bits per heavy atom. The van der Waals surface area contributed by atoms with Gasteiger partial charge < -0.3 is 15.3 Å². The van der Waals surface area contributed by atoms with Crippen molar-refractivity contribution in [3.05, 3.63) is 35.9 Å². The molecule has 122 valence electrons. The van der Waals surface area contributed by atoms with E-state index in [4.69, 9.17) is 0 Å². The second-order valence-electron chi connectivity index (χ2n) is 5.65. The highest BCUT2D eigenvalue weighted by Crippen LogP contribution is 2.20. The van der Waals surface area contributed by atoms with Gasteiger partial charge in [-0.05, 0) is 19.4 Å². The molecule has 0 spiro atoms. The molecule has 1 aliphatic rings. The molecule has 0 unspecified atom stereocenters. The SMILES string of the molecule is CC1(C)C(=O)NC(=O)N1CC(=O)N[C@H](C(=O)O)c1ccccc1. The Balaban J connectivity index is 2.10. The van der Waals surface area contributed by atoms with E-state index < -0.39 is 41.9 Å². The number of nitrogens with zero attached hydrogens (tertiary/aromatic N) is 1. The van der Waals surface area contributed by atoms with Crippen LogP contribution in [0.3, 0.4) is 0 Å². The molecular formula is C15H17N3O5. The zero-order chi connectivity index (χ0) is 17.2. The monoisotopic (exact) mass is 319 g/mol. The topological polar surface area (TPSA) is 116 Å². The Hall–Kier alpha value is -2.90. The quantitative estimate of drug-likeness (QED) is 0.673. The van der Waals surface area contributed by atoms with Gasteiger partial charge in [-0.3, -0.25) is 14.9 Å². The number of amides is 4. The van der Waals surface area contributed by atoms with E-state index in [1.807, 2.05) is 0 Å². The Kier molecular flexibility index (Phi) is 4.35. The predicted octanol–water partition coefficient (Wildman–Crippen LogP) is 0.259. The molecular weight excluding hydrogens is 302 g/mol. The van der Waals surface area contributed by atoms with Gasteiger partial charge in [0.05, 0.1) is 0 Å². The maximum absolute atomic E-state index is 12.1. The van der Waals surface area contributed by atoms with Crippen molar-refractivity contribution < 1.29 is 24.3 Å². The zero-order valence-corrected chi connectivity index (χ0v) is 12.7. The van der Waals surface area contributed by atoms with Crippen LogP contribution >= 0.6 is 0 Å². The number of carbonyl (C=O) groups excluding carboxylic acids is 3. The molecule has 3 N–H and O–H groups in total. The number of nitrogens with one attached hydrogen (secondary N) is 2. The van der Waals surface area contributed by atoms with Crippen LogP contribution in [0.25, 0.3) is 0 Å². The number of hydrogen-bond donors (Lipinski definition) is 3. The molecule has 23 heavy (non-hydrogen) atoms. The summed E-state index contributed by atoms with van der Waals surface area (Å²) in [7, 11) is 0. The molecule has 1 heterocycles. The molecule has 4 amide bonds. The van der Waals surface area contributed by atoms with Crippen LogP contribution in [-0.2, 0) is 14.4 Å². The third-order valence-electron chi connectivity index (χ3n) is 3.68. The van der Waals surface area contributed by atoms with E-state index in [1.165, 1.54) is 13.8 Å². The average Bonchev–Trinajstić information content (AvgIpc) is 2.68. The summed E-state index contributed by atoms with van der Waals surface area (Å²) in [6.07, 6.45) is 0. The van der Waals surface area contributed by atoms with E-state index in [0.29, 0.717) is 5.56 Å². The van der Waals surface area contributed by atoms with Crippen molar-refractivity contribution in [2.75, 3.05) is 6.54 Å². The molecule has 8 heteroatoms. The highest BCUT2D eigenvalue weighted by molar-refractivity contribution is 6.07. The van der Waals surface area contributed by atoms with E-state index in [-0.39, 0.29) is 0 Å². The first kappa shape index (κ1) is 16.5. The number of urea groups is 1. The van der Waals surface area contributed by atoms with Crippen molar-refractivity contribution >= 4 is 23.8 Å². The second kappa shape index (κ2) is 6.07. The van der Waals surface area contributed by atoms with Crippen molar-refractivity contribution in [1.29, 1.82) is 0 Å². The van der Waals surface area contributed by atoms with Gasteiger partial charge in [-0.25, -0.2) is 9.59 Å². The van der Waals surface area contributed by atoms with Crippen molar-refractivity contribution in [1.82, 2.24) is 15.5 Å². The van der Waals surface area contributed by atoms with Crippen molar-refractivity contribution in [2.45, 2.75) is 25.4 Å². The number of carboxylic acid groups (broad SMARTS) is 1. The zero-order valence-electron chi connectivity index (χ0n) is 12.7. The van der Waals surface area contributed by atoms with Gasteiger partial charge in [-0.2, -0.15) is 0 Å². The van der Waals surface area contributed by atoms with Gasteiger partial charge >= 0.3 is 12.0 Å². The van der Waals surface area contributed by atoms with E-state index in [2.05, 4.69) is 10.6 Å². The van der Waals surface area contributed by atoms with Gasteiger partial charge in [0.2, 0.25) is 5.91 Å². The second-order valence-corrected chi connectivity index (χ2v) is 5.65. The number of benzene rings is 1. The number of hydrogen-bond acceptors (Lipinski definition) is 4. The standard InChI is InChI=1S/C15H17N3O5/c1-15(2)13(22)17-14(23)18(15)8-10(19)16-11(12(20)21)9-6-4-3-5-7-9/h3-7,11H,8H2,1-2H3,(H,16,19)(H,20,21)(H,17,22,23)/t11-/m0/s1. The van der Waals surface area contributed by atoms with Crippen LogP contribution in [0.4, 0.5) is 4.79 Å². The fourth-order valence-corrected chi connectivity index (χ4v) is 2.25. The molecule has 0 aromatic heterocycles. The minimum Gasteiger partial charge on any atom is -0.479 e. The minimum atomic E-state index is -1.23. The van der Waals surface area contributed by atoms with Gasteiger partial charge in [-0.15, -0.1) is 0 Å². The van der Waals surface area contributed by atoms with Crippen LogP contribution < -0.4 is 10.6 Å². The molecule has 0 radical (unpaired) electrons. The largest absolute Gasteiger partial charge is 0.479 e. The van der Waals surface area contributed by atoms with Crippen LogP contribution in [-0.4, -0.2) is 45.9 Å². The molecule has 1 atom stereocenters. The number of carboxylic acids is 1.